The molecule has 7 aromatic rings. The van der Waals surface area contributed by atoms with E-state index >= 15 is 0 Å². The van der Waals surface area contributed by atoms with Crippen LogP contribution in [0.1, 0.15) is 15.9 Å². The summed E-state index contributed by atoms with van der Waals surface area (Å²) in [5, 5.41) is 4.25. The number of amides is 1. The van der Waals surface area contributed by atoms with Crippen molar-refractivity contribution in [1.29, 1.82) is 0 Å². The van der Waals surface area contributed by atoms with E-state index in [0.717, 1.165) is 39.5 Å². The minimum absolute atomic E-state index is 0.250. The van der Waals surface area contributed by atoms with Crippen LogP contribution < -0.4 is 9.62 Å². The summed E-state index contributed by atoms with van der Waals surface area (Å²) < 4.78 is 49.0. The van der Waals surface area contributed by atoms with Gasteiger partial charge in [0.05, 0.1) is 36.1 Å². The number of hydrogen-bond acceptors (Lipinski definition) is 5. The minimum Gasteiger partial charge on any atom is -0.455 e. The van der Waals surface area contributed by atoms with Crippen LogP contribution in [0.3, 0.4) is 0 Å². The third kappa shape index (κ3) is 5.44. The number of furan rings is 1. The first kappa shape index (κ1) is 30.0. The molecular formula is C36H30FN5O4S. The van der Waals surface area contributed by atoms with Crippen LogP contribution in [-0.4, -0.2) is 49.2 Å². The smallest absolute Gasteiger partial charge is 0.255 e. The molecule has 2 N–H and O–H groups in total. The molecule has 3 aromatic heterocycles. The Balaban J connectivity index is 1.46. The van der Waals surface area contributed by atoms with Crippen LogP contribution in [0.4, 0.5) is 10.1 Å². The number of H-pyrrole nitrogens is 1. The number of carbonyl (C=O) groups is 1. The number of imidazole rings is 1. The van der Waals surface area contributed by atoms with Crippen LogP contribution in [0.2, 0.25) is 0 Å². The van der Waals surface area contributed by atoms with Gasteiger partial charge in [-0.2, -0.15) is 0 Å². The van der Waals surface area contributed by atoms with Crippen molar-refractivity contribution in [3.8, 4) is 33.7 Å². The molecule has 0 spiro atoms. The molecule has 0 saturated carbocycles. The van der Waals surface area contributed by atoms with Gasteiger partial charge in [0.2, 0.25) is 10.0 Å². The SMILES string of the molecule is CNC(=O)c1c(-c2ccc(F)cc2)oc2cc(N(C)S(C)(=O)=O)c(-c3cccc(-c4[nH]c5ccccc5c4Cn4ccnc4)c3)cc12. The first-order valence-electron chi connectivity index (χ1n) is 14.8. The van der Waals surface area contributed by atoms with Crippen molar-refractivity contribution in [2.75, 3.05) is 24.7 Å². The van der Waals surface area contributed by atoms with Crippen molar-refractivity contribution in [2.45, 2.75) is 6.54 Å². The molecule has 7 rings (SSSR count). The summed E-state index contributed by atoms with van der Waals surface area (Å²) in [5.74, 6) is -0.566. The number of carbonyl (C=O) groups excluding carboxylic acids is 1. The van der Waals surface area contributed by atoms with Crippen LogP contribution >= 0.6 is 0 Å². The zero-order chi connectivity index (χ0) is 32.9. The molecule has 236 valence electrons. The first-order chi connectivity index (χ1) is 22.6. The maximum Gasteiger partial charge on any atom is 0.255 e. The number of benzene rings is 4. The molecule has 0 aliphatic rings. The second kappa shape index (κ2) is 11.6. The average molecular weight is 648 g/mol. The third-order valence-corrected chi connectivity index (χ3v) is 9.57. The molecule has 1 amide bonds. The number of nitrogens with one attached hydrogen (secondary N) is 2. The van der Waals surface area contributed by atoms with E-state index in [0.29, 0.717) is 34.3 Å². The van der Waals surface area contributed by atoms with Crippen molar-refractivity contribution < 1.29 is 22.0 Å². The molecule has 11 heteroatoms. The maximum atomic E-state index is 13.8. The minimum atomic E-state index is -3.70. The van der Waals surface area contributed by atoms with E-state index in [-0.39, 0.29) is 11.3 Å². The highest BCUT2D eigenvalue weighted by Gasteiger charge is 2.26. The normalized spacial score (nSPS) is 11.7. The standard InChI is InChI=1S/C36H30FN5O4S/c1-38-36(43)33-28-18-27(31(41(2)47(3,44)45)19-32(28)46-35(33)22-11-13-25(37)14-12-22)23-7-6-8-24(17-23)34-29(20-42-16-15-39-21-42)26-9-4-5-10-30(26)40-34/h4-19,21,40H,20H2,1-3H3,(H,38,43). The van der Waals surface area contributed by atoms with Gasteiger partial charge in [0.15, 0.2) is 0 Å². The zero-order valence-corrected chi connectivity index (χ0v) is 26.6. The number of para-hydroxylation sites is 1. The Morgan fingerprint density at radius 3 is 2.47 bits per heavy atom. The Morgan fingerprint density at radius 1 is 0.979 bits per heavy atom. The van der Waals surface area contributed by atoms with Crippen LogP contribution in [0.5, 0.6) is 0 Å². The molecule has 0 saturated heterocycles. The highest BCUT2D eigenvalue weighted by molar-refractivity contribution is 7.92. The van der Waals surface area contributed by atoms with Crippen molar-refractivity contribution in [1.82, 2.24) is 19.9 Å². The topological polar surface area (TPSA) is 113 Å². The number of nitrogens with zero attached hydrogens (tertiary/aromatic N) is 3. The number of anilines is 1. The lowest BCUT2D eigenvalue weighted by atomic mass is 9.96. The van der Waals surface area contributed by atoms with Crippen LogP contribution in [0.15, 0.2) is 108 Å². The van der Waals surface area contributed by atoms with E-state index in [4.69, 9.17) is 4.42 Å². The number of fused-ring (bicyclic) bond motifs is 2. The molecule has 0 radical (unpaired) electrons. The summed E-state index contributed by atoms with van der Waals surface area (Å²) in [6, 6.07) is 25.0. The molecular weight excluding hydrogens is 617 g/mol. The van der Waals surface area contributed by atoms with Crippen molar-refractivity contribution in [3.05, 3.63) is 121 Å². The number of rotatable bonds is 8. The van der Waals surface area contributed by atoms with E-state index < -0.39 is 21.7 Å². The molecule has 9 nitrogen and oxygen atoms in total. The monoisotopic (exact) mass is 647 g/mol. The lowest BCUT2D eigenvalue weighted by Gasteiger charge is -2.21. The Labute approximate surface area is 270 Å². The lowest BCUT2D eigenvalue weighted by Crippen LogP contribution is -2.25. The van der Waals surface area contributed by atoms with Crippen LogP contribution in [-0.2, 0) is 16.6 Å². The van der Waals surface area contributed by atoms with E-state index in [2.05, 4.69) is 21.4 Å². The van der Waals surface area contributed by atoms with Gasteiger partial charge in [0.1, 0.15) is 17.2 Å². The van der Waals surface area contributed by atoms with Gasteiger partial charge in [-0.3, -0.25) is 9.10 Å². The van der Waals surface area contributed by atoms with Crippen LogP contribution in [0.25, 0.3) is 55.6 Å². The van der Waals surface area contributed by atoms with Gasteiger partial charge in [0, 0.05) is 65.5 Å². The van der Waals surface area contributed by atoms with Gasteiger partial charge in [0.25, 0.3) is 5.91 Å². The first-order valence-corrected chi connectivity index (χ1v) is 16.7. The Kier molecular flexibility index (Phi) is 7.40. The highest BCUT2D eigenvalue weighted by Crippen LogP contribution is 2.42. The zero-order valence-electron chi connectivity index (χ0n) is 25.8. The fraction of sp³-hybridized carbons (Fsp3) is 0.111. The van der Waals surface area contributed by atoms with E-state index in [1.54, 1.807) is 24.7 Å². The van der Waals surface area contributed by atoms with E-state index in [1.807, 2.05) is 53.2 Å². The second-order valence-electron chi connectivity index (χ2n) is 11.3. The van der Waals surface area contributed by atoms with Gasteiger partial charge in [-0.05, 0) is 53.6 Å². The number of halogens is 1. The lowest BCUT2D eigenvalue weighted by molar-refractivity contribution is 0.0964. The molecule has 0 aliphatic carbocycles. The molecule has 0 atom stereocenters. The fourth-order valence-electron chi connectivity index (χ4n) is 5.97. The van der Waals surface area contributed by atoms with Gasteiger partial charge in [-0.1, -0.05) is 36.4 Å². The van der Waals surface area contributed by atoms with Crippen molar-refractivity contribution >= 4 is 43.5 Å². The summed E-state index contributed by atoms with van der Waals surface area (Å²) in [5.41, 5.74) is 6.66. The molecule has 47 heavy (non-hydrogen) atoms. The fourth-order valence-corrected chi connectivity index (χ4v) is 6.48. The molecule has 0 fully saturated rings. The number of sulfonamides is 1. The summed E-state index contributed by atoms with van der Waals surface area (Å²) in [7, 11) is -0.694. The maximum absolute atomic E-state index is 13.8. The molecule has 0 aliphatic heterocycles. The van der Waals surface area contributed by atoms with Crippen molar-refractivity contribution in [2.24, 2.45) is 0 Å². The molecule has 0 bridgehead atoms. The van der Waals surface area contributed by atoms with E-state index in [1.165, 1.54) is 42.7 Å². The predicted molar refractivity (Wildman–Crippen MR) is 182 cm³/mol. The van der Waals surface area contributed by atoms with Crippen LogP contribution in [0, 0.1) is 5.82 Å². The summed E-state index contributed by atoms with van der Waals surface area (Å²) >= 11 is 0. The highest BCUT2D eigenvalue weighted by atomic mass is 32.2. The largest absolute Gasteiger partial charge is 0.455 e. The second-order valence-corrected chi connectivity index (χ2v) is 13.3. The Bertz CT molecular complexity index is 2390. The van der Waals surface area contributed by atoms with Gasteiger partial charge in [-0.25, -0.2) is 17.8 Å². The molecule has 0 unspecified atom stereocenters. The number of hydrogen-bond donors (Lipinski definition) is 2. The van der Waals surface area contributed by atoms with Crippen molar-refractivity contribution in [3.63, 3.8) is 0 Å². The molecule has 3 heterocycles. The van der Waals surface area contributed by atoms with Gasteiger partial charge >= 0.3 is 0 Å². The number of aromatic amines is 1. The Morgan fingerprint density at radius 2 is 1.74 bits per heavy atom. The third-order valence-electron chi connectivity index (χ3n) is 8.38. The van der Waals surface area contributed by atoms with Gasteiger partial charge in [-0.15, -0.1) is 0 Å². The summed E-state index contributed by atoms with van der Waals surface area (Å²) in [6.45, 7) is 0.592. The summed E-state index contributed by atoms with van der Waals surface area (Å²) in [4.78, 5) is 21.1. The summed E-state index contributed by atoms with van der Waals surface area (Å²) in [6.07, 6.45) is 6.57. The van der Waals surface area contributed by atoms with E-state index in [9.17, 15) is 17.6 Å². The average Bonchev–Trinajstić information content (AvgIpc) is 3.81. The quantitative estimate of drug-likeness (QED) is 0.184. The Hall–Kier alpha value is -5.68. The predicted octanol–water partition coefficient (Wildman–Crippen LogP) is 7.05. The number of aromatic nitrogens is 3. The molecule has 4 aromatic carbocycles. The van der Waals surface area contributed by atoms with Gasteiger partial charge < -0.3 is 19.3 Å².